The first-order valence-electron chi connectivity index (χ1n) is 6.78. The predicted molar refractivity (Wildman–Crippen MR) is 76.1 cm³/mol. The Kier molecular flexibility index (Phi) is 4.68. The molecule has 1 aliphatic rings. The number of carbonyl (C=O) groups excluding carboxylic acids is 2. The van der Waals surface area contributed by atoms with Gasteiger partial charge in [-0.05, 0) is 24.1 Å². The number of pyridine rings is 1. The maximum absolute atomic E-state index is 11.3. The van der Waals surface area contributed by atoms with Crippen molar-refractivity contribution in [1.29, 1.82) is 0 Å². The Hall–Kier alpha value is -1.95. The van der Waals surface area contributed by atoms with Gasteiger partial charge in [-0.2, -0.15) is 0 Å². The number of carbonyl (C=O) groups is 2. The number of piperazine rings is 1. The van der Waals surface area contributed by atoms with Crippen LogP contribution in [0.25, 0.3) is 0 Å². The van der Waals surface area contributed by atoms with Gasteiger partial charge in [0.2, 0.25) is 11.8 Å². The number of nitrogens with zero attached hydrogens (tertiary/aromatic N) is 2. The lowest BCUT2D eigenvalue weighted by Crippen LogP contribution is -2.51. The van der Waals surface area contributed by atoms with Gasteiger partial charge in [0.25, 0.3) is 0 Å². The predicted octanol–water partition coefficient (Wildman–Crippen LogP) is 0.290. The Balaban J connectivity index is 1.94. The maximum atomic E-state index is 11.3. The first kappa shape index (κ1) is 14.5. The van der Waals surface area contributed by atoms with Gasteiger partial charge in [0, 0.05) is 12.7 Å². The third-order valence-corrected chi connectivity index (χ3v) is 2.96. The second-order valence-electron chi connectivity index (χ2n) is 5.38. The fraction of sp³-hybridized carbons (Fsp3) is 0.500. The summed E-state index contributed by atoms with van der Waals surface area (Å²) in [6.45, 7) is 6.39. The summed E-state index contributed by atoms with van der Waals surface area (Å²) in [5.74, 6) is 0.692. The molecule has 20 heavy (non-hydrogen) atoms. The van der Waals surface area contributed by atoms with Gasteiger partial charge in [-0.1, -0.05) is 19.9 Å². The smallest absolute Gasteiger partial charge is 0.246 e. The Morgan fingerprint density at radius 3 is 2.55 bits per heavy atom. The lowest BCUT2D eigenvalue weighted by Gasteiger charge is -2.26. The Bertz CT molecular complexity index is 468. The van der Waals surface area contributed by atoms with E-state index in [0.29, 0.717) is 11.7 Å². The minimum Gasteiger partial charge on any atom is -0.338 e. The second kappa shape index (κ2) is 6.47. The molecule has 2 amide bonds. The van der Waals surface area contributed by atoms with E-state index in [0.717, 1.165) is 18.7 Å². The van der Waals surface area contributed by atoms with Crippen LogP contribution in [0.4, 0.5) is 5.82 Å². The van der Waals surface area contributed by atoms with E-state index in [1.807, 2.05) is 12.1 Å². The van der Waals surface area contributed by atoms with Crippen molar-refractivity contribution in [3.05, 3.63) is 23.9 Å². The molecule has 0 aromatic carbocycles. The zero-order valence-corrected chi connectivity index (χ0v) is 11.8. The van der Waals surface area contributed by atoms with Gasteiger partial charge in [-0.15, -0.1) is 0 Å². The molecule has 1 saturated heterocycles. The minimum absolute atomic E-state index is 0.170. The van der Waals surface area contributed by atoms with Crippen LogP contribution in [0.15, 0.2) is 18.3 Å². The molecule has 0 aliphatic carbocycles. The number of anilines is 1. The second-order valence-corrected chi connectivity index (χ2v) is 5.38. The molecule has 1 aromatic heterocycles. The summed E-state index contributed by atoms with van der Waals surface area (Å²) < 4.78 is 0. The van der Waals surface area contributed by atoms with Crippen LogP contribution < -0.4 is 15.5 Å². The summed E-state index contributed by atoms with van der Waals surface area (Å²) in [7, 11) is 0. The van der Waals surface area contributed by atoms with Crippen LogP contribution in [-0.4, -0.2) is 36.4 Å². The molecular weight excluding hydrogens is 256 g/mol. The lowest BCUT2D eigenvalue weighted by atomic mass is 10.2. The van der Waals surface area contributed by atoms with E-state index in [1.54, 1.807) is 11.1 Å². The van der Waals surface area contributed by atoms with Crippen LogP contribution >= 0.6 is 0 Å². The molecule has 0 unspecified atom stereocenters. The third kappa shape index (κ3) is 4.03. The number of aromatic nitrogens is 1. The van der Waals surface area contributed by atoms with E-state index in [4.69, 9.17) is 0 Å². The van der Waals surface area contributed by atoms with Gasteiger partial charge < -0.3 is 10.2 Å². The van der Waals surface area contributed by atoms with Gasteiger partial charge >= 0.3 is 0 Å². The summed E-state index contributed by atoms with van der Waals surface area (Å²) in [6.07, 6.45) is 1.78. The zero-order chi connectivity index (χ0) is 14.5. The fourth-order valence-corrected chi connectivity index (χ4v) is 2.01. The van der Waals surface area contributed by atoms with Gasteiger partial charge in [0.1, 0.15) is 5.82 Å². The van der Waals surface area contributed by atoms with E-state index in [1.165, 1.54) is 0 Å². The van der Waals surface area contributed by atoms with Crippen molar-refractivity contribution >= 4 is 17.6 Å². The van der Waals surface area contributed by atoms with E-state index >= 15 is 0 Å². The number of hydrogen-bond donors (Lipinski definition) is 2. The molecule has 6 nitrogen and oxygen atoms in total. The molecule has 1 fully saturated rings. The van der Waals surface area contributed by atoms with E-state index < -0.39 is 0 Å². The van der Waals surface area contributed by atoms with E-state index in [-0.39, 0.29) is 24.9 Å². The minimum atomic E-state index is -0.286. The quantitative estimate of drug-likeness (QED) is 0.756. The highest BCUT2D eigenvalue weighted by molar-refractivity contribution is 6.02. The van der Waals surface area contributed by atoms with Gasteiger partial charge in [0.05, 0.1) is 13.1 Å². The van der Waals surface area contributed by atoms with Crippen LogP contribution in [0.1, 0.15) is 19.4 Å². The molecule has 108 valence electrons. The summed E-state index contributed by atoms with van der Waals surface area (Å²) >= 11 is 0. The maximum Gasteiger partial charge on any atom is 0.246 e. The molecule has 2 heterocycles. The highest BCUT2D eigenvalue weighted by Gasteiger charge is 2.23. The Morgan fingerprint density at radius 2 is 2.00 bits per heavy atom. The van der Waals surface area contributed by atoms with Crippen LogP contribution in [-0.2, 0) is 16.1 Å². The van der Waals surface area contributed by atoms with Crippen molar-refractivity contribution in [3.63, 3.8) is 0 Å². The van der Waals surface area contributed by atoms with Crippen LogP contribution in [0.5, 0.6) is 0 Å². The highest BCUT2D eigenvalue weighted by atomic mass is 16.2. The topological polar surface area (TPSA) is 74.3 Å². The highest BCUT2D eigenvalue weighted by Crippen LogP contribution is 2.12. The van der Waals surface area contributed by atoms with Crippen molar-refractivity contribution in [2.24, 2.45) is 5.92 Å². The van der Waals surface area contributed by atoms with Gasteiger partial charge in [-0.25, -0.2) is 4.98 Å². The number of amides is 2. The molecule has 0 radical (unpaired) electrons. The van der Waals surface area contributed by atoms with Crippen LogP contribution in [0, 0.1) is 5.92 Å². The van der Waals surface area contributed by atoms with Crippen LogP contribution in [0.3, 0.4) is 0 Å². The zero-order valence-electron chi connectivity index (χ0n) is 11.8. The Labute approximate surface area is 118 Å². The summed E-state index contributed by atoms with van der Waals surface area (Å²) in [5.41, 5.74) is 1.09. The Morgan fingerprint density at radius 1 is 1.30 bits per heavy atom. The molecule has 0 atom stereocenters. The summed E-state index contributed by atoms with van der Waals surface area (Å²) in [4.78, 5) is 28.6. The molecule has 1 aliphatic heterocycles. The van der Waals surface area contributed by atoms with Gasteiger partial charge in [0.15, 0.2) is 0 Å². The fourth-order valence-electron chi connectivity index (χ4n) is 2.01. The standard InChI is InChI=1S/C14H20N4O2/c1-10(2)5-15-6-11-3-4-12(16-7-11)18-8-13(19)17-14(20)9-18/h3-4,7,10,15H,5-6,8-9H2,1-2H3,(H,17,19,20). The molecule has 2 N–H and O–H groups in total. The first-order valence-corrected chi connectivity index (χ1v) is 6.78. The normalized spacial score (nSPS) is 15.7. The average Bonchev–Trinajstić information content (AvgIpc) is 2.38. The molecule has 1 aromatic rings. The largest absolute Gasteiger partial charge is 0.338 e. The molecule has 0 bridgehead atoms. The summed E-state index contributed by atoms with van der Waals surface area (Å²) in [5, 5.41) is 5.61. The van der Waals surface area contributed by atoms with Crippen molar-refractivity contribution in [2.45, 2.75) is 20.4 Å². The molecular formula is C14H20N4O2. The van der Waals surface area contributed by atoms with E-state index in [9.17, 15) is 9.59 Å². The first-order chi connectivity index (χ1) is 9.54. The molecule has 6 heteroatoms. The number of nitrogens with one attached hydrogen (secondary N) is 2. The molecule has 2 rings (SSSR count). The third-order valence-electron chi connectivity index (χ3n) is 2.96. The molecule has 0 spiro atoms. The monoisotopic (exact) mass is 276 g/mol. The number of imide groups is 1. The van der Waals surface area contributed by atoms with Gasteiger partial charge in [-0.3, -0.25) is 14.9 Å². The van der Waals surface area contributed by atoms with E-state index in [2.05, 4.69) is 29.5 Å². The average molecular weight is 276 g/mol. The van der Waals surface area contributed by atoms with Crippen molar-refractivity contribution in [3.8, 4) is 0 Å². The SMILES string of the molecule is CC(C)CNCc1ccc(N2CC(=O)NC(=O)C2)nc1. The van der Waals surface area contributed by atoms with Crippen molar-refractivity contribution < 1.29 is 9.59 Å². The number of hydrogen-bond acceptors (Lipinski definition) is 5. The van der Waals surface area contributed by atoms with Crippen molar-refractivity contribution in [1.82, 2.24) is 15.6 Å². The number of rotatable bonds is 5. The summed E-state index contributed by atoms with van der Waals surface area (Å²) in [6, 6.07) is 3.81. The lowest BCUT2D eigenvalue weighted by molar-refractivity contribution is -0.130. The molecule has 0 saturated carbocycles. The van der Waals surface area contributed by atoms with Crippen molar-refractivity contribution in [2.75, 3.05) is 24.5 Å². The van der Waals surface area contributed by atoms with Crippen LogP contribution in [0.2, 0.25) is 0 Å².